The number of benzene rings is 1. The van der Waals surface area contributed by atoms with Crippen molar-refractivity contribution in [2.45, 2.75) is 38.1 Å². The maximum Gasteiger partial charge on any atom is 0.220 e. The third-order valence-corrected chi connectivity index (χ3v) is 5.80. The third-order valence-electron chi connectivity index (χ3n) is 5.80. The van der Waals surface area contributed by atoms with Crippen molar-refractivity contribution >= 4 is 22.6 Å². The number of carbonyl (C=O) groups is 1. The number of aromatic nitrogens is 1. The number of anilines is 1. The Morgan fingerprint density at radius 2 is 1.96 bits per heavy atom. The highest BCUT2D eigenvalue weighted by atomic mass is 16.5. The highest BCUT2D eigenvalue weighted by Crippen LogP contribution is 2.28. The first-order valence-corrected chi connectivity index (χ1v) is 10.1. The summed E-state index contributed by atoms with van der Waals surface area (Å²) in [5.41, 5.74) is 1.53. The minimum atomic E-state index is 0.159. The molecule has 28 heavy (non-hydrogen) atoms. The second kappa shape index (κ2) is 8.57. The molecule has 0 unspecified atom stereocenters. The van der Waals surface area contributed by atoms with Gasteiger partial charge < -0.3 is 15.0 Å². The maximum absolute atomic E-state index is 12.4. The lowest BCUT2D eigenvalue weighted by Gasteiger charge is -2.33. The Morgan fingerprint density at radius 3 is 2.71 bits per heavy atom. The fourth-order valence-corrected chi connectivity index (χ4v) is 4.17. The van der Waals surface area contributed by atoms with E-state index < -0.39 is 0 Å². The van der Waals surface area contributed by atoms with Crippen molar-refractivity contribution < 1.29 is 9.53 Å². The van der Waals surface area contributed by atoms with Crippen molar-refractivity contribution in [3.63, 3.8) is 0 Å². The van der Waals surface area contributed by atoms with Gasteiger partial charge in [0.05, 0.1) is 11.1 Å². The molecule has 6 heteroatoms. The second-order valence-electron chi connectivity index (χ2n) is 7.75. The van der Waals surface area contributed by atoms with Gasteiger partial charge in [-0.25, -0.2) is 4.98 Å². The quantitative estimate of drug-likeness (QED) is 0.885. The van der Waals surface area contributed by atoms with E-state index in [4.69, 9.17) is 9.72 Å². The Bertz CT molecular complexity index is 878. The molecule has 1 amide bonds. The summed E-state index contributed by atoms with van der Waals surface area (Å²) in [6, 6.07) is 12.4. The second-order valence-corrected chi connectivity index (χ2v) is 7.75. The molecule has 0 radical (unpaired) electrons. The number of rotatable bonds is 4. The van der Waals surface area contributed by atoms with E-state index in [1.165, 1.54) is 0 Å². The maximum atomic E-state index is 12.4. The van der Waals surface area contributed by atoms with E-state index in [0.29, 0.717) is 17.9 Å². The molecule has 2 aliphatic heterocycles. The average molecular weight is 378 g/mol. The summed E-state index contributed by atoms with van der Waals surface area (Å²) in [5, 5.41) is 13.7. The molecule has 2 aromatic rings. The van der Waals surface area contributed by atoms with Gasteiger partial charge in [-0.15, -0.1) is 0 Å². The van der Waals surface area contributed by atoms with Gasteiger partial charge in [-0.3, -0.25) is 4.79 Å². The van der Waals surface area contributed by atoms with Gasteiger partial charge in [-0.1, -0.05) is 18.2 Å². The summed E-state index contributed by atoms with van der Waals surface area (Å²) >= 11 is 0. The molecular weight excluding hydrogens is 352 g/mol. The summed E-state index contributed by atoms with van der Waals surface area (Å²) in [7, 11) is 0. The fourth-order valence-electron chi connectivity index (χ4n) is 4.17. The summed E-state index contributed by atoms with van der Waals surface area (Å²) in [6.45, 7) is 3.14. The van der Waals surface area contributed by atoms with E-state index in [2.05, 4.69) is 16.3 Å². The number of hydrogen-bond donors (Lipinski definition) is 1. The molecule has 0 spiro atoms. The molecule has 146 valence electrons. The van der Waals surface area contributed by atoms with E-state index in [-0.39, 0.29) is 11.9 Å². The van der Waals surface area contributed by atoms with Crippen LogP contribution in [0.15, 0.2) is 30.3 Å². The SMILES string of the molecule is N#Cc1cc2ccccc2nc1N1CCC(CC(=O)NC2CCOCC2)CC1. The van der Waals surface area contributed by atoms with Gasteiger partial charge in [-0.05, 0) is 43.7 Å². The van der Waals surface area contributed by atoms with Crippen molar-refractivity contribution in [1.29, 1.82) is 5.26 Å². The molecule has 2 saturated heterocycles. The molecule has 2 fully saturated rings. The molecule has 0 aliphatic carbocycles. The number of nitriles is 1. The highest BCUT2D eigenvalue weighted by molar-refractivity contribution is 5.83. The van der Waals surface area contributed by atoms with Gasteiger partial charge in [0.2, 0.25) is 5.91 Å². The van der Waals surface area contributed by atoms with E-state index in [9.17, 15) is 10.1 Å². The number of piperidine rings is 1. The van der Waals surface area contributed by atoms with Crippen LogP contribution in [0, 0.1) is 17.2 Å². The Balaban J connectivity index is 1.35. The first-order valence-electron chi connectivity index (χ1n) is 10.1. The highest BCUT2D eigenvalue weighted by Gasteiger charge is 2.25. The number of para-hydroxylation sites is 1. The largest absolute Gasteiger partial charge is 0.381 e. The average Bonchev–Trinajstić information content (AvgIpc) is 2.74. The summed E-state index contributed by atoms with van der Waals surface area (Å²) in [5.74, 6) is 1.32. The van der Waals surface area contributed by atoms with Crippen LogP contribution in [0.2, 0.25) is 0 Å². The number of hydrogen-bond acceptors (Lipinski definition) is 5. The molecule has 3 heterocycles. The van der Waals surface area contributed by atoms with Gasteiger partial charge >= 0.3 is 0 Å². The number of pyridine rings is 1. The number of fused-ring (bicyclic) bond motifs is 1. The van der Waals surface area contributed by atoms with Gasteiger partial charge in [0.1, 0.15) is 11.9 Å². The summed E-state index contributed by atoms with van der Waals surface area (Å²) in [4.78, 5) is 19.3. The lowest BCUT2D eigenvalue weighted by atomic mass is 9.92. The van der Waals surface area contributed by atoms with Gasteiger partial charge in [0.15, 0.2) is 0 Å². The van der Waals surface area contributed by atoms with E-state index in [1.807, 2.05) is 30.3 Å². The zero-order chi connectivity index (χ0) is 19.3. The van der Waals surface area contributed by atoms with Crippen molar-refractivity contribution in [2.75, 3.05) is 31.2 Å². The predicted molar refractivity (Wildman–Crippen MR) is 108 cm³/mol. The van der Waals surface area contributed by atoms with Crippen LogP contribution in [0.1, 0.15) is 37.7 Å². The Labute approximate surface area is 165 Å². The predicted octanol–water partition coefficient (Wildman–Crippen LogP) is 3.01. The molecule has 0 atom stereocenters. The Hall–Kier alpha value is -2.65. The van der Waals surface area contributed by atoms with Crippen molar-refractivity contribution in [1.82, 2.24) is 10.3 Å². The normalized spacial score (nSPS) is 18.8. The van der Waals surface area contributed by atoms with E-state index in [1.54, 1.807) is 0 Å². The summed E-state index contributed by atoms with van der Waals surface area (Å²) < 4.78 is 5.35. The number of nitrogens with one attached hydrogen (secondary N) is 1. The first-order chi connectivity index (χ1) is 13.7. The fraction of sp³-hybridized carbons (Fsp3) is 0.500. The molecule has 2 aliphatic rings. The van der Waals surface area contributed by atoms with Crippen molar-refractivity contribution in [2.24, 2.45) is 5.92 Å². The third kappa shape index (κ3) is 4.26. The lowest BCUT2D eigenvalue weighted by Crippen LogP contribution is -2.41. The number of nitrogens with zero attached hydrogens (tertiary/aromatic N) is 3. The Morgan fingerprint density at radius 1 is 1.21 bits per heavy atom. The molecule has 1 aromatic heterocycles. The van der Waals surface area contributed by atoms with Crippen molar-refractivity contribution in [3.05, 3.63) is 35.9 Å². The minimum absolute atomic E-state index is 0.159. The smallest absolute Gasteiger partial charge is 0.220 e. The topological polar surface area (TPSA) is 78.2 Å². The van der Waals surface area contributed by atoms with Gasteiger partial charge in [-0.2, -0.15) is 5.26 Å². The molecule has 1 aromatic carbocycles. The first kappa shape index (κ1) is 18.7. The van der Waals surface area contributed by atoms with Crippen LogP contribution >= 0.6 is 0 Å². The summed E-state index contributed by atoms with van der Waals surface area (Å²) in [6.07, 6.45) is 4.30. The monoisotopic (exact) mass is 378 g/mol. The van der Waals surface area contributed by atoms with Crippen LogP contribution < -0.4 is 10.2 Å². The van der Waals surface area contributed by atoms with E-state index in [0.717, 1.165) is 68.7 Å². The molecule has 0 saturated carbocycles. The minimum Gasteiger partial charge on any atom is -0.381 e. The zero-order valence-corrected chi connectivity index (χ0v) is 16.1. The standard InChI is InChI=1S/C22H26N4O2/c23-15-18-14-17-3-1-2-4-20(17)25-22(18)26-9-5-16(6-10-26)13-21(27)24-19-7-11-28-12-8-19/h1-4,14,16,19H,5-13H2,(H,24,27). The molecule has 6 nitrogen and oxygen atoms in total. The van der Waals surface area contributed by atoms with Crippen LogP contribution in [-0.4, -0.2) is 43.2 Å². The van der Waals surface area contributed by atoms with Crippen LogP contribution in [0.25, 0.3) is 10.9 Å². The Kier molecular flexibility index (Phi) is 5.73. The zero-order valence-electron chi connectivity index (χ0n) is 16.1. The van der Waals surface area contributed by atoms with Crippen LogP contribution in [0.3, 0.4) is 0 Å². The van der Waals surface area contributed by atoms with Gasteiger partial charge in [0, 0.05) is 44.2 Å². The van der Waals surface area contributed by atoms with E-state index >= 15 is 0 Å². The molecule has 0 bridgehead atoms. The van der Waals surface area contributed by atoms with Crippen molar-refractivity contribution in [3.8, 4) is 6.07 Å². The van der Waals surface area contributed by atoms with Gasteiger partial charge in [0.25, 0.3) is 0 Å². The number of carbonyl (C=O) groups excluding carboxylic acids is 1. The molecule has 1 N–H and O–H groups in total. The number of ether oxygens (including phenoxy) is 1. The number of amides is 1. The van der Waals surface area contributed by atoms with Crippen LogP contribution in [0.5, 0.6) is 0 Å². The lowest BCUT2D eigenvalue weighted by molar-refractivity contribution is -0.123. The van der Waals surface area contributed by atoms with Crippen LogP contribution in [-0.2, 0) is 9.53 Å². The van der Waals surface area contributed by atoms with Crippen LogP contribution in [0.4, 0.5) is 5.82 Å². The molecular formula is C22H26N4O2. The molecule has 4 rings (SSSR count).